The summed E-state index contributed by atoms with van der Waals surface area (Å²) in [4.78, 5) is 4.20. The van der Waals surface area contributed by atoms with Crippen molar-refractivity contribution >= 4 is 5.69 Å². The lowest BCUT2D eigenvalue weighted by Crippen LogP contribution is -2.36. The number of likely N-dealkylation sites (N-methyl/N-ethyl adjacent to an activating group) is 2. The third-order valence-corrected chi connectivity index (χ3v) is 2.80. The van der Waals surface area contributed by atoms with Crippen LogP contribution in [0.2, 0.25) is 0 Å². The van der Waals surface area contributed by atoms with Gasteiger partial charge in [0.05, 0.1) is 5.69 Å². The van der Waals surface area contributed by atoms with E-state index in [2.05, 4.69) is 9.80 Å². The van der Waals surface area contributed by atoms with Crippen LogP contribution in [0.25, 0.3) is 0 Å². The molecule has 0 aliphatic heterocycles. The summed E-state index contributed by atoms with van der Waals surface area (Å²) in [6.45, 7) is 2.72. The number of nitrogens with zero attached hydrogens (tertiary/aromatic N) is 2. The number of ether oxygens (including phenoxy) is 1. The van der Waals surface area contributed by atoms with Crippen LogP contribution in [-0.2, 0) is 0 Å². The van der Waals surface area contributed by atoms with Gasteiger partial charge in [0, 0.05) is 19.6 Å². The SMILES string of the molecule is CN(C)CCN(C)CC(O)COc1ccccc1N. The molecule has 1 aromatic rings. The molecule has 0 aromatic heterocycles. The normalized spacial score (nSPS) is 12.9. The maximum absolute atomic E-state index is 9.92. The zero-order valence-corrected chi connectivity index (χ0v) is 12.0. The van der Waals surface area contributed by atoms with E-state index in [4.69, 9.17) is 10.5 Å². The molecule has 0 saturated carbocycles. The molecule has 0 bridgehead atoms. The van der Waals surface area contributed by atoms with Gasteiger partial charge >= 0.3 is 0 Å². The molecule has 0 heterocycles. The predicted octanol–water partition coefficient (Wildman–Crippen LogP) is 0.502. The van der Waals surface area contributed by atoms with Crippen LogP contribution < -0.4 is 10.5 Å². The standard InChI is InChI=1S/C14H25N3O2/c1-16(2)8-9-17(3)10-12(18)11-19-14-7-5-4-6-13(14)15/h4-7,12,18H,8-11,15H2,1-3H3. The van der Waals surface area contributed by atoms with Gasteiger partial charge in [0.1, 0.15) is 18.5 Å². The third-order valence-electron chi connectivity index (χ3n) is 2.80. The van der Waals surface area contributed by atoms with E-state index in [0.29, 0.717) is 18.0 Å². The van der Waals surface area contributed by atoms with Crippen LogP contribution >= 0.6 is 0 Å². The Balaban J connectivity index is 2.28. The molecule has 108 valence electrons. The van der Waals surface area contributed by atoms with Crippen LogP contribution in [0.15, 0.2) is 24.3 Å². The lowest BCUT2D eigenvalue weighted by atomic mass is 10.3. The number of hydrogen-bond acceptors (Lipinski definition) is 5. The van der Waals surface area contributed by atoms with Crippen molar-refractivity contribution in [2.24, 2.45) is 0 Å². The number of aliphatic hydroxyl groups excluding tert-OH is 1. The summed E-state index contributed by atoms with van der Waals surface area (Å²) in [6, 6.07) is 7.30. The molecule has 1 unspecified atom stereocenters. The van der Waals surface area contributed by atoms with Crippen LogP contribution in [-0.4, -0.2) is 68.4 Å². The fourth-order valence-corrected chi connectivity index (χ4v) is 1.67. The lowest BCUT2D eigenvalue weighted by molar-refractivity contribution is 0.0749. The highest BCUT2D eigenvalue weighted by molar-refractivity contribution is 5.51. The quantitative estimate of drug-likeness (QED) is 0.672. The van der Waals surface area contributed by atoms with E-state index in [1.165, 1.54) is 0 Å². The summed E-state index contributed by atoms with van der Waals surface area (Å²) >= 11 is 0. The smallest absolute Gasteiger partial charge is 0.142 e. The van der Waals surface area contributed by atoms with Gasteiger partial charge in [-0.15, -0.1) is 0 Å². The number of anilines is 1. The van der Waals surface area contributed by atoms with Gasteiger partial charge in [-0.05, 0) is 33.3 Å². The number of para-hydroxylation sites is 2. The van der Waals surface area contributed by atoms with Gasteiger partial charge in [0.15, 0.2) is 0 Å². The second kappa shape index (κ2) is 7.99. The molecule has 0 spiro atoms. The average Bonchev–Trinajstić information content (AvgIpc) is 2.35. The van der Waals surface area contributed by atoms with Gasteiger partial charge < -0.3 is 25.4 Å². The maximum atomic E-state index is 9.92. The van der Waals surface area contributed by atoms with Crippen molar-refractivity contribution in [3.05, 3.63) is 24.3 Å². The summed E-state index contributed by atoms with van der Waals surface area (Å²) < 4.78 is 5.51. The monoisotopic (exact) mass is 267 g/mol. The molecule has 0 aliphatic carbocycles. The topological polar surface area (TPSA) is 62.0 Å². The molecule has 0 saturated heterocycles. The largest absolute Gasteiger partial charge is 0.489 e. The molecule has 0 fully saturated rings. The van der Waals surface area contributed by atoms with Crippen LogP contribution in [0.4, 0.5) is 5.69 Å². The molecule has 0 amide bonds. The zero-order valence-electron chi connectivity index (χ0n) is 12.0. The van der Waals surface area contributed by atoms with Gasteiger partial charge in [0.2, 0.25) is 0 Å². The van der Waals surface area contributed by atoms with Crippen LogP contribution in [0, 0.1) is 0 Å². The minimum absolute atomic E-state index is 0.251. The number of rotatable bonds is 8. The minimum Gasteiger partial charge on any atom is -0.489 e. The number of hydrogen-bond donors (Lipinski definition) is 2. The summed E-state index contributed by atoms with van der Waals surface area (Å²) in [5.74, 6) is 0.623. The highest BCUT2D eigenvalue weighted by atomic mass is 16.5. The molecule has 1 aromatic carbocycles. The number of nitrogen functional groups attached to an aromatic ring is 1. The Labute approximate surface area is 115 Å². The fourth-order valence-electron chi connectivity index (χ4n) is 1.67. The van der Waals surface area contributed by atoms with Crippen molar-refractivity contribution in [3.8, 4) is 5.75 Å². The van der Waals surface area contributed by atoms with Crippen LogP contribution in [0.1, 0.15) is 0 Å². The molecule has 5 heteroatoms. The van der Waals surface area contributed by atoms with Crippen LogP contribution in [0.3, 0.4) is 0 Å². The molecule has 0 radical (unpaired) electrons. The minimum atomic E-state index is -0.522. The van der Waals surface area contributed by atoms with Crippen molar-refractivity contribution in [1.29, 1.82) is 0 Å². The molecule has 3 N–H and O–H groups in total. The van der Waals surface area contributed by atoms with E-state index in [0.717, 1.165) is 13.1 Å². The summed E-state index contributed by atoms with van der Waals surface area (Å²) in [6.07, 6.45) is -0.522. The van der Waals surface area contributed by atoms with E-state index < -0.39 is 6.10 Å². The Morgan fingerprint density at radius 3 is 2.53 bits per heavy atom. The lowest BCUT2D eigenvalue weighted by Gasteiger charge is -2.22. The van der Waals surface area contributed by atoms with E-state index in [9.17, 15) is 5.11 Å². The molecular weight excluding hydrogens is 242 g/mol. The van der Waals surface area contributed by atoms with Gasteiger partial charge in [-0.25, -0.2) is 0 Å². The zero-order chi connectivity index (χ0) is 14.3. The second-order valence-electron chi connectivity index (χ2n) is 5.07. The van der Waals surface area contributed by atoms with Crippen molar-refractivity contribution in [2.45, 2.75) is 6.10 Å². The highest BCUT2D eigenvalue weighted by Crippen LogP contribution is 2.19. The van der Waals surface area contributed by atoms with E-state index >= 15 is 0 Å². The fraction of sp³-hybridized carbons (Fsp3) is 0.571. The number of nitrogens with two attached hydrogens (primary N) is 1. The third kappa shape index (κ3) is 6.42. The van der Waals surface area contributed by atoms with Gasteiger partial charge in [-0.2, -0.15) is 0 Å². The average molecular weight is 267 g/mol. The second-order valence-corrected chi connectivity index (χ2v) is 5.07. The maximum Gasteiger partial charge on any atom is 0.142 e. The van der Waals surface area contributed by atoms with Crippen molar-refractivity contribution in [3.63, 3.8) is 0 Å². The molecule has 5 nitrogen and oxygen atoms in total. The number of aliphatic hydroxyl groups is 1. The van der Waals surface area contributed by atoms with Crippen molar-refractivity contribution < 1.29 is 9.84 Å². The van der Waals surface area contributed by atoms with Gasteiger partial charge in [-0.1, -0.05) is 12.1 Å². The summed E-state index contributed by atoms with van der Waals surface area (Å²) in [7, 11) is 6.06. The predicted molar refractivity (Wildman–Crippen MR) is 78.4 cm³/mol. The van der Waals surface area contributed by atoms with Crippen molar-refractivity contribution in [1.82, 2.24) is 9.80 Å². The van der Waals surface area contributed by atoms with E-state index in [-0.39, 0.29) is 6.61 Å². The molecule has 0 aliphatic rings. The van der Waals surface area contributed by atoms with Gasteiger partial charge in [-0.3, -0.25) is 0 Å². The first-order chi connectivity index (χ1) is 8.99. The Bertz CT molecular complexity index is 371. The molecule has 1 atom stereocenters. The van der Waals surface area contributed by atoms with E-state index in [1.807, 2.05) is 33.3 Å². The summed E-state index contributed by atoms with van der Waals surface area (Å²) in [5, 5.41) is 9.92. The first-order valence-electron chi connectivity index (χ1n) is 6.47. The first kappa shape index (κ1) is 15.8. The van der Waals surface area contributed by atoms with E-state index in [1.54, 1.807) is 12.1 Å². The van der Waals surface area contributed by atoms with Gasteiger partial charge in [0.25, 0.3) is 0 Å². The highest BCUT2D eigenvalue weighted by Gasteiger charge is 2.10. The number of benzene rings is 1. The van der Waals surface area contributed by atoms with Crippen LogP contribution in [0.5, 0.6) is 5.75 Å². The first-order valence-corrected chi connectivity index (χ1v) is 6.47. The Kier molecular flexibility index (Phi) is 6.62. The Morgan fingerprint density at radius 2 is 1.89 bits per heavy atom. The molecule has 19 heavy (non-hydrogen) atoms. The Hall–Kier alpha value is -1.30. The summed E-state index contributed by atoms with van der Waals surface area (Å²) in [5.41, 5.74) is 6.36. The van der Waals surface area contributed by atoms with Crippen molar-refractivity contribution in [2.75, 3.05) is 53.1 Å². The Morgan fingerprint density at radius 1 is 1.21 bits per heavy atom. The molecule has 1 rings (SSSR count). The molecular formula is C14H25N3O2.